The van der Waals surface area contributed by atoms with E-state index in [1.54, 1.807) is 18.2 Å². The topological polar surface area (TPSA) is 46.2 Å². The molecule has 0 bridgehead atoms. The first-order valence-electron chi connectivity index (χ1n) is 5.31. The van der Waals surface area contributed by atoms with Gasteiger partial charge in [0.25, 0.3) is 0 Å². The summed E-state index contributed by atoms with van der Waals surface area (Å²) in [5, 5.41) is 11.2. The van der Waals surface area contributed by atoms with Crippen LogP contribution in [-0.2, 0) is 0 Å². The monoisotopic (exact) mass is 261 g/mol. The van der Waals surface area contributed by atoms with Crippen LogP contribution in [0.4, 0.5) is 0 Å². The Kier molecular flexibility index (Phi) is 5.06. The van der Waals surface area contributed by atoms with Gasteiger partial charge in [-0.15, -0.1) is 0 Å². The van der Waals surface area contributed by atoms with Crippen molar-refractivity contribution in [2.75, 3.05) is 6.54 Å². The quantitative estimate of drug-likeness (QED) is 0.874. The third-order valence-electron chi connectivity index (χ3n) is 2.83. The maximum absolute atomic E-state index is 10.3. The van der Waals surface area contributed by atoms with Gasteiger partial charge in [-0.3, -0.25) is 0 Å². The molecule has 0 amide bonds. The minimum atomic E-state index is -0.716. The van der Waals surface area contributed by atoms with Gasteiger partial charge in [0.15, 0.2) is 0 Å². The molecule has 2 unspecified atom stereocenters. The minimum absolute atomic E-state index is 0.0441. The summed E-state index contributed by atoms with van der Waals surface area (Å²) in [5.74, 6) is 0.227. The van der Waals surface area contributed by atoms with Crippen LogP contribution in [0.15, 0.2) is 18.2 Å². The van der Waals surface area contributed by atoms with Crippen LogP contribution in [-0.4, -0.2) is 11.7 Å². The van der Waals surface area contributed by atoms with Crippen molar-refractivity contribution in [2.24, 2.45) is 17.6 Å². The van der Waals surface area contributed by atoms with Crippen molar-refractivity contribution in [3.63, 3.8) is 0 Å². The molecular formula is C12H17Cl2NO. The lowest BCUT2D eigenvalue weighted by Crippen LogP contribution is -2.27. The Hall–Kier alpha value is -0.280. The van der Waals surface area contributed by atoms with Gasteiger partial charge in [0.1, 0.15) is 0 Å². The van der Waals surface area contributed by atoms with Crippen LogP contribution in [0.3, 0.4) is 0 Å². The molecule has 0 heterocycles. The molecule has 0 radical (unpaired) electrons. The molecule has 90 valence electrons. The molecule has 0 aliphatic carbocycles. The van der Waals surface area contributed by atoms with E-state index in [1.165, 1.54) is 0 Å². The van der Waals surface area contributed by atoms with Gasteiger partial charge >= 0.3 is 0 Å². The van der Waals surface area contributed by atoms with Crippen molar-refractivity contribution in [1.82, 2.24) is 0 Å². The third kappa shape index (κ3) is 2.89. The Bertz CT molecular complexity index is 335. The van der Waals surface area contributed by atoms with Gasteiger partial charge in [-0.1, -0.05) is 43.1 Å². The molecule has 2 nitrogen and oxygen atoms in total. The molecule has 0 saturated carbocycles. The van der Waals surface area contributed by atoms with E-state index in [2.05, 4.69) is 0 Å². The zero-order valence-corrected chi connectivity index (χ0v) is 11.0. The van der Waals surface area contributed by atoms with Crippen LogP contribution < -0.4 is 5.73 Å². The van der Waals surface area contributed by atoms with Crippen molar-refractivity contribution in [2.45, 2.75) is 20.0 Å². The highest BCUT2D eigenvalue weighted by atomic mass is 35.5. The molecule has 0 aliphatic rings. The zero-order valence-electron chi connectivity index (χ0n) is 9.45. The molecule has 3 N–H and O–H groups in total. The van der Waals surface area contributed by atoms with Crippen LogP contribution in [0.2, 0.25) is 10.0 Å². The van der Waals surface area contributed by atoms with Crippen LogP contribution in [0.5, 0.6) is 0 Å². The number of aliphatic hydroxyl groups is 1. The van der Waals surface area contributed by atoms with E-state index in [4.69, 9.17) is 28.9 Å². The van der Waals surface area contributed by atoms with Crippen LogP contribution in [0.1, 0.15) is 25.5 Å². The maximum Gasteiger partial charge on any atom is 0.0861 e. The van der Waals surface area contributed by atoms with E-state index in [-0.39, 0.29) is 11.8 Å². The first-order chi connectivity index (χ1) is 7.49. The average molecular weight is 262 g/mol. The van der Waals surface area contributed by atoms with Gasteiger partial charge in [0.05, 0.1) is 6.10 Å². The van der Waals surface area contributed by atoms with Crippen LogP contribution >= 0.6 is 23.2 Å². The predicted molar refractivity (Wildman–Crippen MR) is 68.8 cm³/mol. The molecule has 0 fully saturated rings. The molecule has 1 rings (SSSR count). The summed E-state index contributed by atoms with van der Waals surface area (Å²) in [4.78, 5) is 0. The molecule has 0 aromatic heterocycles. The van der Waals surface area contributed by atoms with Gasteiger partial charge in [0, 0.05) is 21.5 Å². The molecule has 1 aromatic carbocycles. The minimum Gasteiger partial charge on any atom is -0.388 e. The number of halogens is 2. The molecule has 16 heavy (non-hydrogen) atoms. The van der Waals surface area contributed by atoms with Crippen molar-refractivity contribution in [3.05, 3.63) is 33.8 Å². The average Bonchev–Trinajstić information content (AvgIpc) is 2.17. The Morgan fingerprint density at radius 3 is 2.12 bits per heavy atom. The number of hydrogen-bond acceptors (Lipinski definition) is 2. The summed E-state index contributed by atoms with van der Waals surface area (Å²) in [6.07, 6.45) is -0.716. The number of rotatable bonds is 4. The van der Waals surface area contributed by atoms with E-state index in [9.17, 15) is 5.11 Å². The zero-order chi connectivity index (χ0) is 12.3. The second kappa shape index (κ2) is 5.87. The summed E-state index contributed by atoms with van der Waals surface area (Å²) < 4.78 is 0. The molecule has 0 aliphatic heterocycles. The SMILES string of the molecule is CC(C)C(CN)C(O)c1c(Cl)cccc1Cl. The van der Waals surface area contributed by atoms with Crippen molar-refractivity contribution in [3.8, 4) is 0 Å². The lowest BCUT2D eigenvalue weighted by molar-refractivity contribution is 0.0863. The van der Waals surface area contributed by atoms with E-state index < -0.39 is 6.10 Å². The Morgan fingerprint density at radius 2 is 1.75 bits per heavy atom. The van der Waals surface area contributed by atoms with Crippen molar-refractivity contribution in [1.29, 1.82) is 0 Å². The van der Waals surface area contributed by atoms with E-state index in [0.717, 1.165) is 0 Å². The number of hydrogen-bond donors (Lipinski definition) is 2. The van der Waals surface area contributed by atoms with Gasteiger partial charge in [-0.25, -0.2) is 0 Å². The fourth-order valence-electron chi connectivity index (χ4n) is 1.77. The first kappa shape index (κ1) is 13.8. The molecule has 0 spiro atoms. The first-order valence-corrected chi connectivity index (χ1v) is 6.06. The predicted octanol–water partition coefficient (Wildman–Crippen LogP) is 3.26. The van der Waals surface area contributed by atoms with Gasteiger partial charge in [-0.05, 0) is 24.6 Å². The van der Waals surface area contributed by atoms with Gasteiger partial charge in [-0.2, -0.15) is 0 Å². The fraction of sp³-hybridized carbons (Fsp3) is 0.500. The van der Waals surface area contributed by atoms with E-state index in [0.29, 0.717) is 22.2 Å². The summed E-state index contributed by atoms with van der Waals surface area (Å²) in [6.45, 7) is 4.44. The smallest absolute Gasteiger partial charge is 0.0861 e. The Morgan fingerprint density at radius 1 is 1.25 bits per heavy atom. The summed E-state index contributed by atoms with van der Waals surface area (Å²) >= 11 is 12.1. The molecule has 2 atom stereocenters. The highest BCUT2D eigenvalue weighted by Crippen LogP contribution is 2.36. The molecular weight excluding hydrogens is 245 g/mol. The summed E-state index contributed by atoms with van der Waals surface area (Å²) in [6, 6.07) is 5.20. The standard InChI is InChI=1S/C12H17Cl2NO/c1-7(2)8(6-15)12(16)11-9(13)4-3-5-10(11)14/h3-5,7-8,12,16H,6,15H2,1-2H3. The van der Waals surface area contributed by atoms with E-state index >= 15 is 0 Å². The lowest BCUT2D eigenvalue weighted by Gasteiger charge is -2.26. The third-order valence-corrected chi connectivity index (χ3v) is 3.49. The van der Waals surface area contributed by atoms with E-state index in [1.807, 2.05) is 13.8 Å². The second-order valence-electron chi connectivity index (χ2n) is 4.22. The summed E-state index contributed by atoms with van der Waals surface area (Å²) in [7, 11) is 0. The fourth-order valence-corrected chi connectivity index (χ4v) is 2.39. The number of benzene rings is 1. The lowest BCUT2D eigenvalue weighted by atomic mass is 9.86. The molecule has 0 saturated heterocycles. The van der Waals surface area contributed by atoms with Crippen LogP contribution in [0, 0.1) is 11.8 Å². The largest absolute Gasteiger partial charge is 0.388 e. The van der Waals surface area contributed by atoms with Gasteiger partial charge < -0.3 is 10.8 Å². The van der Waals surface area contributed by atoms with Crippen molar-refractivity contribution >= 4 is 23.2 Å². The van der Waals surface area contributed by atoms with Gasteiger partial charge in [0.2, 0.25) is 0 Å². The number of aliphatic hydroxyl groups excluding tert-OH is 1. The van der Waals surface area contributed by atoms with Crippen molar-refractivity contribution < 1.29 is 5.11 Å². The number of nitrogens with two attached hydrogens (primary N) is 1. The Balaban J connectivity index is 3.08. The van der Waals surface area contributed by atoms with Crippen LogP contribution in [0.25, 0.3) is 0 Å². The molecule has 4 heteroatoms. The normalized spacial score (nSPS) is 15.2. The Labute approximate surface area is 106 Å². The second-order valence-corrected chi connectivity index (χ2v) is 5.04. The highest BCUT2D eigenvalue weighted by molar-refractivity contribution is 6.36. The highest BCUT2D eigenvalue weighted by Gasteiger charge is 2.26. The molecule has 1 aromatic rings. The maximum atomic E-state index is 10.3. The summed E-state index contributed by atoms with van der Waals surface area (Å²) in [5.41, 5.74) is 6.24.